The van der Waals surface area contributed by atoms with Crippen LogP contribution in [-0.2, 0) is 0 Å². The zero-order valence-electron chi connectivity index (χ0n) is 8.89. The van der Waals surface area contributed by atoms with Crippen LogP contribution in [0.5, 0.6) is 5.75 Å². The maximum Gasteiger partial charge on any atom is 0.131 e. The van der Waals surface area contributed by atoms with Crippen molar-refractivity contribution in [2.24, 2.45) is 0 Å². The zero-order chi connectivity index (χ0) is 11.3. The van der Waals surface area contributed by atoms with Crippen LogP contribution in [0.15, 0.2) is 18.2 Å². The molecule has 0 saturated heterocycles. The van der Waals surface area contributed by atoms with E-state index in [2.05, 4.69) is 5.32 Å². The summed E-state index contributed by atoms with van der Waals surface area (Å²) < 4.78 is 30.3. The van der Waals surface area contributed by atoms with Gasteiger partial charge in [-0.2, -0.15) is 0 Å². The van der Waals surface area contributed by atoms with Crippen molar-refractivity contribution in [3.8, 4) is 5.75 Å². The van der Waals surface area contributed by atoms with E-state index in [9.17, 15) is 8.78 Å². The molecule has 0 aliphatic heterocycles. The van der Waals surface area contributed by atoms with Crippen molar-refractivity contribution >= 4 is 0 Å². The third-order valence-electron chi connectivity index (χ3n) is 2.22. The number of rotatable bonds is 5. The molecular weight excluding hydrogens is 200 g/mol. The highest BCUT2D eigenvalue weighted by Crippen LogP contribution is 2.21. The van der Waals surface area contributed by atoms with E-state index in [1.54, 1.807) is 19.2 Å². The number of hydrogen-bond donors (Lipinski definition) is 1. The Balaban J connectivity index is 2.78. The van der Waals surface area contributed by atoms with Crippen molar-refractivity contribution in [2.45, 2.75) is 13.0 Å². The predicted molar refractivity (Wildman–Crippen MR) is 55.3 cm³/mol. The molecule has 0 aliphatic carbocycles. The van der Waals surface area contributed by atoms with Crippen LogP contribution in [0.2, 0.25) is 0 Å². The van der Waals surface area contributed by atoms with E-state index >= 15 is 0 Å². The lowest BCUT2D eigenvalue weighted by Gasteiger charge is -2.12. The minimum atomic E-state index is -0.573. The van der Waals surface area contributed by atoms with Crippen molar-refractivity contribution < 1.29 is 13.5 Å². The number of halogens is 2. The molecule has 2 nitrogen and oxygen atoms in total. The molecule has 0 aromatic heterocycles. The molecule has 4 heteroatoms. The third-order valence-corrected chi connectivity index (χ3v) is 2.22. The molecule has 1 aromatic carbocycles. The van der Waals surface area contributed by atoms with Gasteiger partial charge in [0, 0.05) is 17.7 Å². The maximum atomic E-state index is 13.5. The minimum absolute atomic E-state index is 0.0413. The van der Waals surface area contributed by atoms with Crippen LogP contribution in [0.1, 0.15) is 18.5 Å². The maximum absolute atomic E-state index is 13.5. The predicted octanol–water partition coefficient (Wildman–Crippen LogP) is 2.45. The summed E-state index contributed by atoms with van der Waals surface area (Å²) >= 11 is 0. The highest BCUT2D eigenvalue weighted by atomic mass is 19.1. The Morgan fingerprint density at radius 2 is 2.20 bits per heavy atom. The molecule has 0 aliphatic rings. The molecule has 0 bridgehead atoms. The first kappa shape index (κ1) is 11.9. The highest BCUT2D eigenvalue weighted by Gasteiger charge is 2.09. The summed E-state index contributed by atoms with van der Waals surface area (Å²) in [5.41, 5.74) is 0.574. The van der Waals surface area contributed by atoms with Crippen molar-refractivity contribution in [3.05, 3.63) is 29.6 Å². The van der Waals surface area contributed by atoms with Gasteiger partial charge in [0.1, 0.15) is 24.8 Å². The van der Waals surface area contributed by atoms with Crippen molar-refractivity contribution in [1.29, 1.82) is 0 Å². The van der Waals surface area contributed by atoms with Gasteiger partial charge < -0.3 is 10.1 Å². The smallest absolute Gasteiger partial charge is 0.131 e. The Morgan fingerprint density at radius 1 is 1.47 bits per heavy atom. The van der Waals surface area contributed by atoms with Crippen LogP contribution < -0.4 is 10.1 Å². The van der Waals surface area contributed by atoms with Crippen molar-refractivity contribution in [2.75, 3.05) is 20.3 Å². The second-order valence-electron chi connectivity index (χ2n) is 3.23. The molecule has 84 valence electrons. The average molecular weight is 215 g/mol. The van der Waals surface area contributed by atoms with Crippen LogP contribution >= 0.6 is 0 Å². The SMILES string of the molecule is CNC(C)c1ccc(OCCF)cc1F. The fraction of sp³-hybridized carbons (Fsp3) is 0.455. The summed E-state index contributed by atoms with van der Waals surface area (Å²) in [7, 11) is 1.76. The fourth-order valence-electron chi connectivity index (χ4n) is 1.26. The largest absolute Gasteiger partial charge is 0.491 e. The normalized spacial score (nSPS) is 12.5. The van der Waals surface area contributed by atoms with Gasteiger partial charge in [-0.25, -0.2) is 8.78 Å². The number of hydrogen-bond acceptors (Lipinski definition) is 2. The van der Waals surface area contributed by atoms with Crippen LogP contribution in [0, 0.1) is 5.82 Å². The van der Waals surface area contributed by atoms with Crippen LogP contribution in [0.25, 0.3) is 0 Å². The first-order valence-corrected chi connectivity index (χ1v) is 4.84. The number of nitrogens with one attached hydrogen (secondary N) is 1. The summed E-state index contributed by atoms with van der Waals surface area (Å²) in [6.07, 6.45) is 0. The Labute approximate surface area is 88.3 Å². The second-order valence-corrected chi connectivity index (χ2v) is 3.23. The monoisotopic (exact) mass is 215 g/mol. The van der Waals surface area contributed by atoms with Gasteiger partial charge in [0.15, 0.2) is 0 Å². The van der Waals surface area contributed by atoms with Gasteiger partial charge in [-0.3, -0.25) is 0 Å². The topological polar surface area (TPSA) is 21.3 Å². The molecule has 0 heterocycles. The summed E-state index contributed by atoms with van der Waals surface area (Å²) in [5, 5.41) is 2.94. The van der Waals surface area contributed by atoms with Gasteiger partial charge in [-0.1, -0.05) is 6.07 Å². The number of ether oxygens (including phenoxy) is 1. The molecule has 0 amide bonds. The summed E-state index contributed by atoms with van der Waals surface area (Å²) in [5.74, 6) is 0.0189. The van der Waals surface area contributed by atoms with Gasteiger partial charge in [0.05, 0.1) is 0 Å². The van der Waals surface area contributed by atoms with Gasteiger partial charge in [0.25, 0.3) is 0 Å². The summed E-state index contributed by atoms with van der Waals surface area (Å²) in [4.78, 5) is 0. The first-order chi connectivity index (χ1) is 7.19. The molecule has 1 aromatic rings. The molecule has 0 saturated carbocycles. The second kappa shape index (κ2) is 5.66. The van der Waals surface area contributed by atoms with Gasteiger partial charge in [-0.05, 0) is 20.0 Å². The van der Waals surface area contributed by atoms with Crippen molar-refractivity contribution in [1.82, 2.24) is 5.32 Å². The van der Waals surface area contributed by atoms with E-state index in [4.69, 9.17) is 4.74 Å². The van der Waals surface area contributed by atoms with Gasteiger partial charge in [-0.15, -0.1) is 0 Å². The van der Waals surface area contributed by atoms with Crippen LogP contribution in [-0.4, -0.2) is 20.3 Å². The van der Waals surface area contributed by atoms with Gasteiger partial charge >= 0.3 is 0 Å². The number of benzene rings is 1. The fourth-order valence-corrected chi connectivity index (χ4v) is 1.26. The van der Waals surface area contributed by atoms with E-state index in [1.165, 1.54) is 6.07 Å². The lowest BCUT2D eigenvalue weighted by Crippen LogP contribution is -2.13. The Bertz CT molecular complexity index is 317. The lowest BCUT2D eigenvalue weighted by molar-refractivity contribution is 0.272. The van der Waals surface area contributed by atoms with E-state index < -0.39 is 6.67 Å². The standard InChI is InChI=1S/C11H15F2NO/c1-8(14-2)10-4-3-9(7-11(10)13)15-6-5-12/h3-4,7-8,14H,5-6H2,1-2H3. The molecule has 1 N–H and O–H groups in total. The van der Waals surface area contributed by atoms with E-state index in [-0.39, 0.29) is 18.5 Å². The van der Waals surface area contributed by atoms with Crippen LogP contribution in [0.3, 0.4) is 0 Å². The van der Waals surface area contributed by atoms with Gasteiger partial charge in [0.2, 0.25) is 0 Å². The van der Waals surface area contributed by atoms with Crippen molar-refractivity contribution in [3.63, 3.8) is 0 Å². The average Bonchev–Trinajstić information content (AvgIpc) is 2.25. The van der Waals surface area contributed by atoms with E-state index in [0.29, 0.717) is 11.3 Å². The first-order valence-electron chi connectivity index (χ1n) is 4.84. The zero-order valence-corrected chi connectivity index (χ0v) is 8.89. The highest BCUT2D eigenvalue weighted by molar-refractivity contribution is 5.30. The third kappa shape index (κ3) is 3.16. The molecule has 15 heavy (non-hydrogen) atoms. The molecule has 1 atom stereocenters. The Kier molecular flexibility index (Phi) is 4.49. The Hall–Kier alpha value is -1.16. The summed E-state index contributed by atoms with van der Waals surface area (Å²) in [6.45, 7) is 1.25. The van der Waals surface area contributed by atoms with E-state index in [0.717, 1.165) is 0 Å². The molecule has 1 unspecified atom stereocenters. The van der Waals surface area contributed by atoms with Crippen LogP contribution in [0.4, 0.5) is 8.78 Å². The minimum Gasteiger partial charge on any atom is -0.491 e. The lowest BCUT2D eigenvalue weighted by atomic mass is 10.1. The molecule has 0 radical (unpaired) electrons. The quantitative estimate of drug-likeness (QED) is 0.814. The molecule has 0 fully saturated rings. The summed E-state index contributed by atoms with van der Waals surface area (Å²) in [6, 6.07) is 4.50. The van der Waals surface area contributed by atoms with E-state index in [1.807, 2.05) is 6.92 Å². The number of alkyl halides is 1. The molecule has 1 rings (SSSR count). The molecule has 0 spiro atoms. The Morgan fingerprint density at radius 3 is 2.73 bits per heavy atom. The molecular formula is C11H15F2NO.